The highest BCUT2D eigenvalue weighted by Crippen LogP contribution is 2.16. The molecule has 0 saturated carbocycles. The van der Waals surface area contributed by atoms with Crippen molar-refractivity contribution < 1.29 is 9.18 Å². The highest BCUT2D eigenvalue weighted by Gasteiger charge is 2.15. The highest BCUT2D eigenvalue weighted by atomic mass is 32.1. The summed E-state index contributed by atoms with van der Waals surface area (Å²) >= 11 is 1.24. The Morgan fingerprint density at radius 2 is 2.23 bits per heavy atom. The van der Waals surface area contributed by atoms with Crippen LogP contribution in [0.5, 0.6) is 0 Å². The molecular formula is C14H11FN4O2S. The molecular weight excluding hydrogens is 307 g/mol. The Morgan fingerprint density at radius 1 is 1.41 bits per heavy atom. The van der Waals surface area contributed by atoms with Gasteiger partial charge in [0.15, 0.2) is 0 Å². The number of fused-ring (bicyclic) bond motifs is 1. The fourth-order valence-electron chi connectivity index (χ4n) is 1.97. The van der Waals surface area contributed by atoms with Crippen LogP contribution in [0.3, 0.4) is 0 Å². The van der Waals surface area contributed by atoms with Gasteiger partial charge < -0.3 is 4.98 Å². The predicted octanol–water partition coefficient (Wildman–Crippen LogP) is 2.33. The number of rotatable bonds is 3. The van der Waals surface area contributed by atoms with Crippen LogP contribution < -0.4 is 10.7 Å². The summed E-state index contributed by atoms with van der Waals surface area (Å²) in [7, 11) is 0. The molecule has 3 rings (SSSR count). The van der Waals surface area contributed by atoms with Crippen LogP contribution in [0, 0.1) is 5.82 Å². The first-order valence-corrected chi connectivity index (χ1v) is 7.35. The number of carbonyl (C=O) groups excluding carboxylic acids is 1. The minimum absolute atomic E-state index is 0.105. The summed E-state index contributed by atoms with van der Waals surface area (Å²) in [6.07, 6.45) is 2.02. The molecule has 0 aliphatic heterocycles. The number of halogens is 1. The smallest absolute Gasteiger partial charge is 0.262 e. The Bertz CT molecular complexity index is 919. The van der Waals surface area contributed by atoms with Crippen molar-refractivity contribution in [3.8, 4) is 0 Å². The van der Waals surface area contributed by atoms with Crippen LogP contribution in [0.1, 0.15) is 22.3 Å². The predicted molar refractivity (Wildman–Crippen MR) is 81.8 cm³/mol. The van der Waals surface area contributed by atoms with E-state index in [0.29, 0.717) is 17.1 Å². The van der Waals surface area contributed by atoms with E-state index < -0.39 is 17.2 Å². The quantitative estimate of drug-likeness (QED) is 0.776. The lowest BCUT2D eigenvalue weighted by Crippen LogP contribution is -2.22. The van der Waals surface area contributed by atoms with Crippen LogP contribution in [0.2, 0.25) is 0 Å². The molecule has 1 amide bonds. The number of hydrogen-bond donors (Lipinski definition) is 2. The van der Waals surface area contributed by atoms with E-state index in [0.717, 1.165) is 11.1 Å². The van der Waals surface area contributed by atoms with Gasteiger partial charge in [0.2, 0.25) is 10.6 Å². The van der Waals surface area contributed by atoms with E-state index in [4.69, 9.17) is 0 Å². The van der Waals surface area contributed by atoms with Crippen molar-refractivity contribution in [1.82, 2.24) is 15.2 Å². The summed E-state index contributed by atoms with van der Waals surface area (Å²) in [4.78, 5) is 27.3. The van der Waals surface area contributed by atoms with Gasteiger partial charge in [0, 0.05) is 17.1 Å². The minimum Gasteiger partial charge on any atom is -0.360 e. The molecule has 6 nitrogen and oxygen atoms in total. The summed E-state index contributed by atoms with van der Waals surface area (Å²) in [5.41, 5.74) is -0.176. The van der Waals surface area contributed by atoms with Crippen molar-refractivity contribution in [3.05, 3.63) is 51.0 Å². The maximum Gasteiger partial charge on any atom is 0.262 e. The lowest BCUT2D eigenvalue weighted by atomic mass is 10.1. The first-order chi connectivity index (χ1) is 10.6. The molecule has 0 aliphatic carbocycles. The standard InChI is InChI=1S/C14H11FN4O2S/c1-2-11-18-19-14(22-11)17-13(21)9-6-16-10-4-3-7(15)5-8(10)12(9)20/h3-6H,2H2,1H3,(H,16,20)(H,17,19,21). The first-order valence-electron chi connectivity index (χ1n) is 6.53. The third-order valence-electron chi connectivity index (χ3n) is 3.08. The molecule has 112 valence electrons. The Hall–Kier alpha value is -2.61. The Kier molecular flexibility index (Phi) is 3.68. The second-order valence-electron chi connectivity index (χ2n) is 4.53. The van der Waals surface area contributed by atoms with Gasteiger partial charge in [0.1, 0.15) is 16.4 Å². The molecule has 0 fully saturated rings. The number of pyridine rings is 1. The molecule has 0 atom stereocenters. The van der Waals surface area contributed by atoms with Gasteiger partial charge in [-0.1, -0.05) is 18.3 Å². The fraction of sp³-hybridized carbons (Fsp3) is 0.143. The third kappa shape index (κ3) is 2.60. The summed E-state index contributed by atoms with van der Waals surface area (Å²) in [6, 6.07) is 3.79. The van der Waals surface area contributed by atoms with Crippen LogP contribution in [0.25, 0.3) is 10.9 Å². The summed E-state index contributed by atoms with van der Waals surface area (Å²) in [6.45, 7) is 1.93. The molecule has 0 saturated heterocycles. The van der Waals surface area contributed by atoms with Gasteiger partial charge in [-0.15, -0.1) is 10.2 Å². The largest absolute Gasteiger partial charge is 0.360 e. The van der Waals surface area contributed by atoms with Crippen LogP contribution in [-0.2, 0) is 6.42 Å². The van der Waals surface area contributed by atoms with E-state index >= 15 is 0 Å². The van der Waals surface area contributed by atoms with Crippen LogP contribution in [0.15, 0.2) is 29.2 Å². The van der Waals surface area contributed by atoms with Gasteiger partial charge in [-0.05, 0) is 24.6 Å². The molecule has 0 spiro atoms. The van der Waals surface area contributed by atoms with Gasteiger partial charge in [0.05, 0.1) is 0 Å². The van der Waals surface area contributed by atoms with Gasteiger partial charge in [-0.25, -0.2) is 4.39 Å². The zero-order valence-electron chi connectivity index (χ0n) is 11.5. The molecule has 0 radical (unpaired) electrons. The molecule has 22 heavy (non-hydrogen) atoms. The van der Waals surface area contributed by atoms with E-state index in [1.54, 1.807) is 0 Å². The molecule has 8 heteroatoms. The lowest BCUT2D eigenvalue weighted by molar-refractivity contribution is 0.102. The van der Waals surface area contributed by atoms with Crippen molar-refractivity contribution in [2.75, 3.05) is 5.32 Å². The second kappa shape index (κ2) is 5.64. The normalized spacial score (nSPS) is 10.8. The molecule has 2 aromatic heterocycles. The van der Waals surface area contributed by atoms with Gasteiger partial charge in [0.25, 0.3) is 5.91 Å². The van der Waals surface area contributed by atoms with Crippen LogP contribution >= 0.6 is 11.3 Å². The number of aryl methyl sites for hydroxylation is 1. The van der Waals surface area contributed by atoms with E-state index in [-0.39, 0.29) is 10.9 Å². The van der Waals surface area contributed by atoms with Gasteiger partial charge in [-0.3, -0.25) is 14.9 Å². The Morgan fingerprint density at radius 3 is 2.95 bits per heavy atom. The third-order valence-corrected chi connectivity index (χ3v) is 4.06. The number of H-pyrrole nitrogens is 1. The topological polar surface area (TPSA) is 87.7 Å². The number of carbonyl (C=O) groups is 1. The summed E-state index contributed by atoms with van der Waals surface area (Å²) in [5.74, 6) is -1.14. The Balaban J connectivity index is 1.97. The zero-order chi connectivity index (χ0) is 15.7. The highest BCUT2D eigenvalue weighted by molar-refractivity contribution is 7.15. The number of anilines is 1. The number of amides is 1. The SMILES string of the molecule is CCc1nnc(NC(=O)c2c[nH]c3ccc(F)cc3c2=O)s1. The summed E-state index contributed by atoms with van der Waals surface area (Å²) < 4.78 is 13.3. The van der Waals surface area contributed by atoms with E-state index in [9.17, 15) is 14.0 Å². The van der Waals surface area contributed by atoms with Gasteiger partial charge in [-0.2, -0.15) is 0 Å². The molecule has 3 aromatic rings. The number of nitrogens with one attached hydrogen (secondary N) is 2. The van der Waals surface area contributed by atoms with Crippen molar-refractivity contribution in [1.29, 1.82) is 0 Å². The fourth-order valence-corrected chi connectivity index (χ4v) is 2.65. The van der Waals surface area contributed by atoms with Crippen molar-refractivity contribution >= 4 is 33.3 Å². The second-order valence-corrected chi connectivity index (χ2v) is 5.59. The number of hydrogen-bond acceptors (Lipinski definition) is 5. The maximum atomic E-state index is 13.3. The zero-order valence-corrected chi connectivity index (χ0v) is 12.3. The number of aromatic nitrogens is 3. The first kappa shape index (κ1) is 14.3. The monoisotopic (exact) mass is 318 g/mol. The minimum atomic E-state index is -0.605. The molecule has 2 heterocycles. The average molecular weight is 318 g/mol. The Labute approximate surface area is 128 Å². The van der Waals surface area contributed by atoms with E-state index in [1.165, 1.54) is 29.7 Å². The molecule has 0 aliphatic rings. The van der Waals surface area contributed by atoms with Crippen LogP contribution in [-0.4, -0.2) is 21.1 Å². The lowest BCUT2D eigenvalue weighted by Gasteiger charge is -2.03. The number of benzene rings is 1. The summed E-state index contributed by atoms with van der Waals surface area (Å²) in [5, 5.41) is 11.5. The van der Waals surface area contributed by atoms with Crippen molar-refractivity contribution in [2.24, 2.45) is 0 Å². The average Bonchev–Trinajstić information content (AvgIpc) is 2.95. The van der Waals surface area contributed by atoms with Gasteiger partial charge >= 0.3 is 0 Å². The van der Waals surface area contributed by atoms with Crippen molar-refractivity contribution in [3.63, 3.8) is 0 Å². The van der Waals surface area contributed by atoms with Crippen molar-refractivity contribution in [2.45, 2.75) is 13.3 Å². The number of nitrogens with zero attached hydrogens (tertiary/aromatic N) is 2. The van der Waals surface area contributed by atoms with E-state index in [1.807, 2.05) is 6.92 Å². The van der Waals surface area contributed by atoms with Crippen LogP contribution in [0.4, 0.5) is 9.52 Å². The molecule has 2 N–H and O–H groups in total. The molecule has 1 aromatic carbocycles. The molecule has 0 unspecified atom stereocenters. The maximum absolute atomic E-state index is 13.3. The molecule has 0 bridgehead atoms. The van der Waals surface area contributed by atoms with E-state index in [2.05, 4.69) is 20.5 Å². The number of aromatic amines is 1.